The maximum absolute atomic E-state index is 12.3. The number of hydrogen-bond acceptors (Lipinski definition) is 5. The molecule has 0 saturated heterocycles. The Balaban J connectivity index is 2.39. The highest BCUT2D eigenvalue weighted by Crippen LogP contribution is 2.38. The predicted octanol–water partition coefficient (Wildman–Crippen LogP) is 3.29. The van der Waals surface area contributed by atoms with E-state index in [1.54, 1.807) is 0 Å². The Bertz CT molecular complexity index is 614. The van der Waals surface area contributed by atoms with Crippen LogP contribution in [0.3, 0.4) is 0 Å². The van der Waals surface area contributed by atoms with E-state index < -0.39 is 5.41 Å². The van der Waals surface area contributed by atoms with Gasteiger partial charge in [-0.05, 0) is 25.8 Å². The molecular formula is C17H26N2O3S. The second-order valence-corrected chi connectivity index (χ2v) is 8.32. The zero-order chi connectivity index (χ0) is 17.4. The van der Waals surface area contributed by atoms with Crippen molar-refractivity contribution in [2.75, 3.05) is 19.0 Å². The monoisotopic (exact) mass is 338 g/mol. The van der Waals surface area contributed by atoms with E-state index in [0.717, 1.165) is 30.0 Å². The number of esters is 1. The van der Waals surface area contributed by atoms with Crippen molar-refractivity contribution in [3.63, 3.8) is 0 Å². The minimum Gasteiger partial charge on any atom is -0.465 e. The van der Waals surface area contributed by atoms with Crippen LogP contribution in [0.15, 0.2) is 0 Å². The Kier molecular flexibility index (Phi) is 5.16. The van der Waals surface area contributed by atoms with Crippen molar-refractivity contribution in [2.45, 2.75) is 53.6 Å². The summed E-state index contributed by atoms with van der Waals surface area (Å²) in [5, 5.41) is 3.55. The molecule has 0 bridgehead atoms. The van der Waals surface area contributed by atoms with E-state index in [4.69, 9.17) is 4.74 Å². The maximum Gasteiger partial charge on any atom is 0.341 e. The third kappa shape index (κ3) is 3.75. The molecule has 1 aromatic heterocycles. The van der Waals surface area contributed by atoms with Crippen LogP contribution in [0.5, 0.6) is 0 Å². The van der Waals surface area contributed by atoms with Gasteiger partial charge in [0.1, 0.15) is 5.00 Å². The lowest BCUT2D eigenvalue weighted by molar-refractivity contribution is -0.123. The summed E-state index contributed by atoms with van der Waals surface area (Å²) in [6.45, 7) is 11.6. The van der Waals surface area contributed by atoms with Crippen molar-refractivity contribution in [2.24, 2.45) is 5.41 Å². The van der Waals surface area contributed by atoms with Gasteiger partial charge in [0, 0.05) is 29.4 Å². The highest BCUT2D eigenvalue weighted by molar-refractivity contribution is 7.17. The molecule has 1 N–H and O–H groups in total. The lowest BCUT2D eigenvalue weighted by Crippen LogP contribution is -2.35. The Hall–Kier alpha value is -1.40. The van der Waals surface area contributed by atoms with Gasteiger partial charge in [-0.2, -0.15) is 0 Å². The normalized spacial score (nSPS) is 15.4. The summed E-state index contributed by atoms with van der Waals surface area (Å²) in [6, 6.07) is 0.458. The number of carbonyl (C=O) groups is 2. The van der Waals surface area contributed by atoms with Gasteiger partial charge in [0.15, 0.2) is 0 Å². The van der Waals surface area contributed by atoms with Crippen molar-refractivity contribution >= 4 is 28.2 Å². The van der Waals surface area contributed by atoms with Gasteiger partial charge >= 0.3 is 5.97 Å². The minimum absolute atomic E-state index is 0.0954. The molecule has 1 aliphatic rings. The van der Waals surface area contributed by atoms with Gasteiger partial charge in [0.05, 0.1) is 12.7 Å². The second-order valence-electron chi connectivity index (χ2n) is 7.22. The van der Waals surface area contributed by atoms with E-state index in [0.29, 0.717) is 16.6 Å². The van der Waals surface area contributed by atoms with Crippen LogP contribution in [0, 0.1) is 5.41 Å². The number of hydrogen-bond donors (Lipinski definition) is 1. The van der Waals surface area contributed by atoms with Crippen LogP contribution in [0.25, 0.3) is 0 Å². The van der Waals surface area contributed by atoms with Crippen LogP contribution in [-0.4, -0.2) is 36.5 Å². The average molecular weight is 338 g/mol. The first-order valence-corrected chi connectivity index (χ1v) is 8.75. The van der Waals surface area contributed by atoms with Crippen LogP contribution < -0.4 is 5.32 Å². The van der Waals surface area contributed by atoms with Gasteiger partial charge in [-0.1, -0.05) is 20.8 Å². The number of amides is 1. The second kappa shape index (κ2) is 6.61. The summed E-state index contributed by atoms with van der Waals surface area (Å²) in [5.41, 5.74) is 1.05. The SMILES string of the molecule is COC(=O)c1c(NC(=O)C(C)(C)C)sc2c1CCN(C(C)C)C2. The maximum atomic E-state index is 12.3. The Labute approximate surface area is 142 Å². The third-order valence-electron chi connectivity index (χ3n) is 4.11. The van der Waals surface area contributed by atoms with E-state index in [2.05, 4.69) is 24.1 Å². The fourth-order valence-corrected chi connectivity index (χ4v) is 3.82. The van der Waals surface area contributed by atoms with Crippen molar-refractivity contribution in [1.82, 2.24) is 4.90 Å². The van der Waals surface area contributed by atoms with Crippen molar-refractivity contribution in [1.29, 1.82) is 0 Å². The molecule has 6 heteroatoms. The van der Waals surface area contributed by atoms with Gasteiger partial charge in [0.25, 0.3) is 0 Å². The quantitative estimate of drug-likeness (QED) is 0.859. The first kappa shape index (κ1) is 17.9. The van der Waals surface area contributed by atoms with Gasteiger partial charge in [0.2, 0.25) is 5.91 Å². The molecule has 2 heterocycles. The number of methoxy groups -OCH3 is 1. The van der Waals surface area contributed by atoms with Crippen LogP contribution in [0.1, 0.15) is 55.4 Å². The number of fused-ring (bicyclic) bond motifs is 1. The molecule has 128 valence electrons. The zero-order valence-electron chi connectivity index (χ0n) is 14.8. The molecule has 0 radical (unpaired) electrons. The van der Waals surface area contributed by atoms with E-state index >= 15 is 0 Å². The van der Waals surface area contributed by atoms with Crippen molar-refractivity contribution < 1.29 is 14.3 Å². The fourth-order valence-electron chi connectivity index (χ4n) is 2.56. The minimum atomic E-state index is -0.512. The smallest absolute Gasteiger partial charge is 0.341 e. The van der Waals surface area contributed by atoms with Crippen LogP contribution >= 0.6 is 11.3 Å². The molecule has 5 nitrogen and oxygen atoms in total. The number of ether oxygens (including phenoxy) is 1. The predicted molar refractivity (Wildman–Crippen MR) is 93.0 cm³/mol. The summed E-state index contributed by atoms with van der Waals surface area (Å²) in [5.74, 6) is -0.466. The van der Waals surface area contributed by atoms with E-state index in [-0.39, 0.29) is 11.9 Å². The summed E-state index contributed by atoms with van der Waals surface area (Å²) in [6.07, 6.45) is 0.805. The first-order chi connectivity index (χ1) is 10.6. The van der Waals surface area contributed by atoms with E-state index in [1.165, 1.54) is 18.4 Å². The molecule has 0 saturated carbocycles. The Morgan fingerprint density at radius 1 is 1.30 bits per heavy atom. The van der Waals surface area contributed by atoms with Crippen molar-refractivity contribution in [3.8, 4) is 0 Å². The number of nitrogens with one attached hydrogen (secondary N) is 1. The molecule has 0 aromatic carbocycles. The lowest BCUT2D eigenvalue weighted by Gasteiger charge is -2.30. The van der Waals surface area contributed by atoms with Crippen molar-refractivity contribution in [3.05, 3.63) is 16.0 Å². The number of thiophene rings is 1. The summed E-state index contributed by atoms with van der Waals surface area (Å²) < 4.78 is 4.95. The van der Waals surface area contributed by atoms with Gasteiger partial charge in [-0.25, -0.2) is 4.79 Å². The number of anilines is 1. The molecule has 1 amide bonds. The molecule has 0 fully saturated rings. The molecule has 0 spiro atoms. The molecular weight excluding hydrogens is 312 g/mol. The highest BCUT2D eigenvalue weighted by Gasteiger charge is 2.31. The van der Waals surface area contributed by atoms with E-state index in [9.17, 15) is 9.59 Å². The van der Waals surface area contributed by atoms with Crippen LogP contribution in [0.2, 0.25) is 0 Å². The molecule has 2 rings (SSSR count). The largest absolute Gasteiger partial charge is 0.465 e. The molecule has 0 atom stereocenters. The summed E-state index contributed by atoms with van der Waals surface area (Å²) >= 11 is 1.50. The number of rotatable bonds is 3. The molecule has 0 unspecified atom stereocenters. The zero-order valence-corrected chi connectivity index (χ0v) is 15.6. The summed E-state index contributed by atoms with van der Waals surface area (Å²) in [4.78, 5) is 28.1. The Morgan fingerprint density at radius 2 is 1.96 bits per heavy atom. The van der Waals surface area contributed by atoms with Gasteiger partial charge in [-0.3, -0.25) is 9.69 Å². The average Bonchev–Trinajstić information content (AvgIpc) is 2.82. The standard InChI is InChI=1S/C17H26N2O3S/c1-10(2)19-8-7-11-12(9-19)23-14(13(11)15(20)22-6)18-16(21)17(3,4)5/h10H,7-9H2,1-6H3,(H,18,21). The topological polar surface area (TPSA) is 58.6 Å². The number of carbonyl (C=O) groups excluding carboxylic acids is 2. The number of nitrogens with zero attached hydrogens (tertiary/aromatic N) is 1. The van der Waals surface area contributed by atoms with E-state index in [1.807, 2.05) is 20.8 Å². The van der Waals surface area contributed by atoms with Gasteiger partial charge in [-0.15, -0.1) is 11.3 Å². The molecule has 0 aliphatic carbocycles. The molecule has 23 heavy (non-hydrogen) atoms. The lowest BCUT2D eigenvalue weighted by atomic mass is 9.95. The molecule has 1 aliphatic heterocycles. The molecule has 1 aromatic rings. The highest BCUT2D eigenvalue weighted by atomic mass is 32.1. The van der Waals surface area contributed by atoms with Gasteiger partial charge < -0.3 is 10.1 Å². The first-order valence-electron chi connectivity index (χ1n) is 7.93. The third-order valence-corrected chi connectivity index (χ3v) is 5.25. The fraction of sp³-hybridized carbons (Fsp3) is 0.647. The van der Waals surface area contributed by atoms with Crippen LogP contribution in [0.4, 0.5) is 5.00 Å². The van der Waals surface area contributed by atoms with Crippen LogP contribution in [-0.2, 0) is 22.5 Å². The Morgan fingerprint density at radius 3 is 2.48 bits per heavy atom. The summed E-state index contributed by atoms with van der Waals surface area (Å²) in [7, 11) is 1.38.